The first-order valence-corrected chi connectivity index (χ1v) is 7.96. The fourth-order valence-electron chi connectivity index (χ4n) is 2.42. The van der Waals surface area contributed by atoms with Crippen molar-refractivity contribution in [3.05, 3.63) is 35.9 Å². The summed E-state index contributed by atoms with van der Waals surface area (Å²) in [7, 11) is 0. The van der Waals surface area contributed by atoms with Crippen LogP contribution in [0.3, 0.4) is 0 Å². The summed E-state index contributed by atoms with van der Waals surface area (Å²) in [5, 5.41) is 42.9. The first-order valence-electron chi connectivity index (χ1n) is 7.96. The predicted octanol–water partition coefficient (Wildman–Crippen LogP) is -2.17. The Labute approximate surface area is 149 Å². The van der Waals surface area contributed by atoms with Gasteiger partial charge in [-0.1, -0.05) is 30.3 Å². The van der Waals surface area contributed by atoms with Crippen LogP contribution in [0.25, 0.3) is 0 Å². The summed E-state index contributed by atoms with van der Waals surface area (Å²) >= 11 is 0. The number of benzene rings is 1. The van der Waals surface area contributed by atoms with Crippen LogP contribution in [0.15, 0.2) is 30.3 Å². The lowest BCUT2D eigenvalue weighted by Crippen LogP contribution is -2.64. The molecule has 1 fully saturated rings. The Morgan fingerprint density at radius 1 is 1.12 bits per heavy atom. The van der Waals surface area contributed by atoms with Crippen LogP contribution in [0.4, 0.5) is 4.79 Å². The van der Waals surface area contributed by atoms with E-state index in [2.05, 4.69) is 10.6 Å². The molecule has 0 saturated carbocycles. The van der Waals surface area contributed by atoms with E-state index in [9.17, 15) is 24.9 Å². The lowest BCUT2D eigenvalue weighted by atomic mass is 9.97. The van der Waals surface area contributed by atoms with Crippen molar-refractivity contribution in [1.29, 1.82) is 0 Å². The third-order valence-electron chi connectivity index (χ3n) is 3.83. The molecule has 1 unspecified atom stereocenters. The van der Waals surface area contributed by atoms with Gasteiger partial charge in [-0.2, -0.15) is 0 Å². The molecule has 1 saturated heterocycles. The maximum atomic E-state index is 11.8. The fourth-order valence-corrected chi connectivity index (χ4v) is 2.42. The van der Waals surface area contributed by atoms with Gasteiger partial charge in [0, 0.05) is 0 Å². The summed E-state index contributed by atoms with van der Waals surface area (Å²) in [6.45, 7) is -1.04. The quantitative estimate of drug-likeness (QED) is 0.330. The molecule has 6 N–H and O–H groups in total. The Morgan fingerprint density at radius 2 is 1.81 bits per heavy atom. The first-order chi connectivity index (χ1) is 12.4. The second-order valence-corrected chi connectivity index (χ2v) is 5.74. The average molecular weight is 370 g/mol. The fraction of sp³-hybridized carbons (Fsp3) is 0.500. The van der Waals surface area contributed by atoms with Crippen LogP contribution in [-0.2, 0) is 20.9 Å². The zero-order valence-corrected chi connectivity index (χ0v) is 13.8. The van der Waals surface area contributed by atoms with Crippen molar-refractivity contribution in [1.82, 2.24) is 10.6 Å². The highest BCUT2D eigenvalue weighted by Gasteiger charge is 2.44. The van der Waals surface area contributed by atoms with E-state index in [1.54, 1.807) is 24.3 Å². The number of hydrogen-bond acceptors (Lipinski definition) is 8. The summed E-state index contributed by atoms with van der Waals surface area (Å²) in [4.78, 5) is 23.4. The molecule has 0 radical (unpaired) electrons. The molecule has 0 bridgehead atoms. The molecule has 5 atom stereocenters. The summed E-state index contributed by atoms with van der Waals surface area (Å²) in [6.07, 6.45) is -6.65. The molecular weight excluding hydrogens is 348 g/mol. The van der Waals surface area contributed by atoms with Gasteiger partial charge in [0.15, 0.2) is 6.29 Å². The zero-order valence-electron chi connectivity index (χ0n) is 13.8. The minimum Gasteiger partial charge on any atom is -0.445 e. The Morgan fingerprint density at radius 3 is 2.46 bits per heavy atom. The van der Waals surface area contributed by atoms with E-state index in [4.69, 9.17) is 14.6 Å². The number of hydrogen-bond donors (Lipinski definition) is 6. The van der Waals surface area contributed by atoms with Crippen molar-refractivity contribution in [3.63, 3.8) is 0 Å². The number of amides is 2. The maximum absolute atomic E-state index is 11.8. The third kappa shape index (κ3) is 5.38. The standard InChI is InChI=1S/C16H22N2O8/c19-7-10-13(21)14(22)12(15(23)26-10)18-11(20)6-17-16(24)25-8-9-4-2-1-3-5-9/h1-5,10,12-15,19,21-23H,6-8H2,(H,17,24)(H,18,20)/t10-,12-,13-,14-,15?/m1/s1. The smallest absolute Gasteiger partial charge is 0.407 e. The molecule has 144 valence electrons. The number of alkyl carbamates (subject to hydrolysis) is 1. The number of carbonyl (C=O) groups is 2. The third-order valence-corrected chi connectivity index (χ3v) is 3.83. The second-order valence-electron chi connectivity index (χ2n) is 5.74. The highest BCUT2D eigenvalue weighted by molar-refractivity contribution is 5.82. The molecule has 1 aromatic rings. The molecule has 1 aliphatic rings. The second kappa shape index (κ2) is 9.46. The average Bonchev–Trinajstić information content (AvgIpc) is 2.65. The Bertz CT molecular complexity index is 599. The summed E-state index contributed by atoms with van der Waals surface area (Å²) in [5.41, 5.74) is 0.783. The largest absolute Gasteiger partial charge is 0.445 e. The van der Waals surface area contributed by atoms with Gasteiger partial charge in [-0.05, 0) is 5.56 Å². The molecule has 26 heavy (non-hydrogen) atoms. The molecule has 0 aliphatic carbocycles. The van der Waals surface area contributed by atoms with Gasteiger partial charge in [0.25, 0.3) is 0 Å². The lowest BCUT2D eigenvalue weighted by molar-refractivity contribution is -0.253. The van der Waals surface area contributed by atoms with E-state index < -0.39 is 55.8 Å². The SMILES string of the molecule is O=C(CNC(=O)OCc1ccccc1)N[C@H]1C(O)O[C@H](CO)[C@@H](O)[C@@H]1O. The van der Waals surface area contributed by atoms with E-state index in [1.807, 2.05) is 6.07 Å². The van der Waals surface area contributed by atoms with Crippen molar-refractivity contribution in [2.75, 3.05) is 13.2 Å². The van der Waals surface area contributed by atoms with Crippen molar-refractivity contribution in [2.24, 2.45) is 0 Å². The van der Waals surface area contributed by atoms with E-state index in [1.165, 1.54) is 0 Å². The van der Waals surface area contributed by atoms with E-state index in [0.29, 0.717) is 0 Å². The zero-order chi connectivity index (χ0) is 19.1. The summed E-state index contributed by atoms with van der Waals surface area (Å²) in [5.74, 6) is -0.733. The molecule has 10 nitrogen and oxygen atoms in total. The molecular formula is C16H22N2O8. The maximum Gasteiger partial charge on any atom is 0.407 e. The van der Waals surface area contributed by atoms with Gasteiger partial charge in [-0.25, -0.2) is 4.79 Å². The Hall–Kier alpha value is -2.24. The van der Waals surface area contributed by atoms with Crippen LogP contribution in [0, 0.1) is 0 Å². The van der Waals surface area contributed by atoms with Crippen molar-refractivity contribution in [2.45, 2.75) is 37.3 Å². The van der Waals surface area contributed by atoms with Crippen molar-refractivity contribution in [3.8, 4) is 0 Å². The Kier molecular flexibility index (Phi) is 7.30. The molecule has 1 heterocycles. The van der Waals surface area contributed by atoms with E-state index in [-0.39, 0.29) is 6.61 Å². The van der Waals surface area contributed by atoms with Crippen LogP contribution in [0.5, 0.6) is 0 Å². The van der Waals surface area contributed by atoms with Gasteiger partial charge in [0.05, 0.1) is 6.61 Å². The van der Waals surface area contributed by atoms with Gasteiger partial charge in [-0.3, -0.25) is 4.79 Å². The minimum absolute atomic E-state index is 0.0386. The minimum atomic E-state index is -1.63. The number of nitrogens with one attached hydrogen (secondary N) is 2. The van der Waals surface area contributed by atoms with Crippen LogP contribution >= 0.6 is 0 Å². The lowest BCUT2D eigenvalue weighted by Gasteiger charge is -2.40. The number of carbonyl (C=O) groups excluding carboxylic acids is 2. The summed E-state index contributed by atoms with van der Waals surface area (Å²) in [6, 6.07) is 7.65. The normalized spacial score (nSPS) is 28.2. The van der Waals surface area contributed by atoms with Gasteiger partial charge >= 0.3 is 6.09 Å². The first kappa shape index (κ1) is 20.1. The number of rotatable bonds is 6. The molecule has 2 rings (SSSR count). The van der Waals surface area contributed by atoms with E-state index >= 15 is 0 Å². The molecule has 1 aromatic carbocycles. The molecule has 0 aromatic heterocycles. The number of aliphatic hydroxyl groups is 4. The van der Waals surface area contributed by atoms with Crippen LogP contribution in [-0.4, -0.2) is 76.2 Å². The van der Waals surface area contributed by atoms with Crippen molar-refractivity contribution < 1.29 is 39.5 Å². The monoisotopic (exact) mass is 370 g/mol. The van der Waals surface area contributed by atoms with Crippen molar-refractivity contribution >= 4 is 12.0 Å². The van der Waals surface area contributed by atoms with Crippen LogP contribution in [0.1, 0.15) is 5.56 Å². The van der Waals surface area contributed by atoms with Crippen LogP contribution < -0.4 is 10.6 Å². The molecule has 2 amide bonds. The Balaban J connectivity index is 1.75. The van der Waals surface area contributed by atoms with Gasteiger partial charge < -0.3 is 40.5 Å². The van der Waals surface area contributed by atoms with Gasteiger partial charge in [0.1, 0.15) is 37.5 Å². The molecule has 1 aliphatic heterocycles. The number of aliphatic hydroxyl groups excluding tert-OH is 4. The predicted molar refractivity (Wildman–Crippen MR) is 86.5 cm³/mol. The molecule has 10 heteroatoms. The van der Waals surface area contributed by atoms with Gasteiger partial charge in [0.2, 0.25) is 5.91 Å². The van der Waals surface area contributed by atoms with Gasteiger partial charge in [-0.15, -0.1) is 0 Å². The summed E-state index contributed by atoms with van der Waals surface area (Å²) < 4.78 is 9.85. The molecule has 0 spiro atoms. The van der Waals surface area contributed by atoms with E-state index in [0.717, 1.165) is 5.56 Å². The number of ether oxygens (including phenoxy) is 2. The van der Waals surface area contributed by atoms with Crippen LogP contribution in [0.2, 0.25) is 0 Å². The topological polar surface area (TPSA) is 158 Å². The highest BCUT2D eigenvalue weighted by Crippen LogP contribution is 2.19. The highest BCUT2D eigenvalue weighted by atomic mass is 16.6.